The van der Waals surface area contributed by atoms with E-state index in [1.807, 2.05) is 64.1 Å². The van der Waals surface area contributed by atoms with E-state index in [1.54, 1.807) is 6.20 Å². The third kappa shape index (κ3) is 5.72. The van der Waals surface area contributed by atoms with Gasteiger partial charge in [0.15, 0.2) is 5.82 Å². The maximum atomic E-state index is 13.1. The Morgan fingerprint density at radius 1 is 0.914 bits per heavy atom. The van der Waals surface area contributed by atoms with Gasteiger partial charge in [-0.2, -0.15) is 5.10 Å². The molecule has 3 heterocycles. The van der Waals surface area contributed by atoms with Crippen LogP contribution in [0, 0.1) is 5.92 Å². The van der Waals surface area contributed by atoms with E-state index in [2.05, 4.69) is 45.6 Å². The zero-order valence-electron chi connectivity index (χ0n) is 20.1. The first-order valence-corrected chi connectivity index (χ1v) is 12.6. The van der Waals surface area contributed by atoms with Gasteiger partial charge >= 0.3 is 0 Å². The summed E-state index contributed by atoms with van der Waals surface area (Å²) in [5.41, 5.74) is 2.95. The molecule has 1 amide bonds. The van der Waals surface area contributed by atoms with Crippen LogP contribution in [0.3, 0.4) is 0 Å². The first-order valence-electron chi connectivity index (χ1n) is 12.6. The Morgan fingerprint density at radius 2 is 1.60 bits per heavy atom. The second-order valence-electron chi connectivity index (χ2n) is 9.30. The predicted octanol–water partition coefficient (Wildman–Crippen LogP) is 4.74. The highest BCUT2D eigenvalue weighted by atomic mass is 16.1. The van der Waals surface area contributed by atoms with Crippen molar-refractivity contribution in [3.05, 3.63) is 103 Å². The summed E-state index contributed by atoms with van der Waals surface area (Å²) in [4.78, 5) is 15.6. The number of benzene rings is 2. The van der Waals surface area contributed by atoms with Gasteiger partial charge in [-0.3, -0.25) is 4.79 Å². The minimum atomic E-state index is -0.0857. The number of hydrogen-bond acceptors (Lipinski definition) is 3. The average molecular weight is 468 g/mol. The van der Waals surface area contributed by atoms with Crippen LogP contribution < -0.4 is 5.32 Å². The van der Waals surface area contributed by atoms with Crippen molar-refractivity contribution < 1.29 is 4.79 Å². The predicted molar refractivity (Wildman–Crippen MR) is 139 cm³/mol. The van der Waals surface area contributed by atoms with E-state index in [9.17, 15) is 4.79 Å². The minimum absolute atomic E-state index is 0.0857. The van der Waals surface area contributed by atoms with Crippen molar-refractivity contribution in [2.24, 2.45) is 5.92 Å². The fourth-order valence-corrected chi connectivity index (χ4v) is 4.95. The molecule has 1 aliphatic rings. The third-order valence-electron chi connectivity index (χ3n) is 6.85. The molecule has 0 spiro atoms. The first-order chi connectivity index (χ1) is 17.3. The van der Waals surface area contributed by atoms with Crippen molar-refractivity contribution in [1.29, 1.82) is 0 Å². The molecule has 0 saturated carbocycles. The molecule has 6 nitrogen and oxygen atoms in total. The number of nitrogens with one attached hydrogen (secondary N) is 1. The molecule has 5 rings (SSSR count). The molecule has 2 aromatic heterocycles. The van der Waals surface area contributed by atoms with Gasteiger partial charge in [0.05, 0.1) is 11.9 Å². The number of carbonyl (C=O) groups excluding carboxylic acids is 1. The summed E-state index contributed by atoms with van der Waals surface area (Å²) in [7, 11) is 0. The van der Waals surface area contributed by atoms with Crippen molar-refractivity contribution in [2.45, 2.75) is 25.7 Å². The van der Waals surface area contributed by atoms with Crippen molar-refractivity contribution >= 4 is 5.91 Å². The fraction of sp³-hybridized carbons (Fsp3) is 0.310. The number of likely N-dealkylation sites (tertiary alicyclic amines) is 1. The zero-order valence-corrected chi connectivity index (χ0v) is 20.1. The van der Waals surface area contributed by atoms with E-state index in [-0.39, 0.29) is 5.91 Å². The number of aromatic nitrogens is 3. The van der Waals surface area contributed by atoms with E-state index in [0.717, 1.165) is 43.5 Å². The van der Waals surface area contributed by atoms with Crippen molar-refractivity contribution in [3.63, 3.8) is 0 Å². The Hall–Kier alpha value is -3.64. The summed E-state index contributed by atoms with van der Waals surface area (Å²) < 4.78 is 3.75. The van der Waals surface area contributed by atoms with Crippen LogP contribution in [-0.2, 0) is 6.42 Å². The van der Waals surface area contributed by atoms with Crippen molar-refractivity contribution in [1.82, 2.24) is 24.6 Å². The highest BCUT2D eigenvalue weighted by molar-refractivity contribution is 5.97. The smallest absolute Gasteiger partial charge is 0.256 e. The number of carbonyl (C=O) groups is 1. The molecule has 1 aliphatic heterocycles. The third-order valence-corrected chi connectivity index (χ3v) is 6.85. The SMILES string of the molecule is O=C(NCCCN1CCC(Cc2ccccc2)CC1)c1cnn(-c2ccccc2)c1-n1cccc1. The zero-order chi connectivity index (χ0) is 23.9. The second-order valence-corrected chi connectivity index (χ2v) is 9.30. The van der Waals surface area contributed by atoms with E-state index in [0.29, 0.717) is 12.1 Å². The molecule has 1 saturated heterocycles. The maximum Gasteiger partial charge on any atom is 0.256 e. The second kappa shape index (κ2) is 11.2. The van der Waals surface area contributed by atoms with Crippen molar-refractivity contribution in [2.75, 3.05) is 26.2 Å². The molecule has 1 N–H and O–H groups in total. The van der Waals surface area contributed by atoms with Gasteiger partial charge in [-0.15, -0.1) is 0 Å². The van der Waals surface area contributed by atoms with Crippen LogP contribution in [0.1, 0.15) is 35.2 Å². The summed E-state index contributed by atoms with van der Waals surface area (Å²) in [6, 6.07) is 24.6. The summed E-state index contributed by atoms with van der Waals surface area (Å²) in [6.07, 6.45) is 10.2. The number of amides is 1. The molecular formula is C29H33N5O. The molecule has 180 valence electrons. The molecular weight excluding hydrogens is 434 g/mol. The Labute approximate surface area is 207 Å². The van der Waals surface area contributed by atoms with Crippen LogP contribution in [0.15, 0.2) is 91.4 Å². The molecule has 0 atom stereocenters. The van der Waals surface area contributed by atoms with Crippen LogP contribution in [0.4, 0.5) is 0 Å². The largest absolute Gasteiger partial charge is 0.352 e. The highest BCUT2D eigenvalue weighted by Crippen LogP contribution is 2.22. The summed E-state index contributed by atoms with van der Waals surface area (Å²) in [6.45, 7) is 3.97. The molecule has 35 heavy (non-hydrogen) atoms. The summed E-state index contributed by atoms with van der Waals surface area (Å²) in [5, 5.41) is 7.64. The van der Waals surface area contributed by atoms with Crippen LogP contribution in [-0.4, -0.2) is 51.3 Å². The van der Waals surface area contributed by atoms with Gasteiger partial charge in [-0.25, -0.2) is 4.68 Å². The van der Waals surface area contributed by atoms with Gasteiger partial charge in [0.1, 0.15) is 5.56 Å². The number of hydrogen-bond donors (Lipinski definition) is 1. The molecule has 0 aliphatic carbocycles. The molecule has 1 fully saturated rings. The topological polar surface area (TPSA) is 55.1 Å². The Morgan fingerprint density at radius 3 is 2.31 bits per heavy atom. The van der Waals surface area contributed by atoms with E-state index in [4.69, 9.17) is 0 Å². The lowest BCUT2D eigenvalue weighted by atomic mass is 9.90. The lowest BCUT2D eigenvalue weighted by Gasteiger charge is -2.32. The lowest BCUT2D eigenvalue weighted by molar-refractivity contribution is 0.0950. The Bertz CT molecular complexity index is 1190. The minimum Gasteiger partial charge on any atom is -0.352 e. The van der Waals surface area contributed by atoms with Crippen molar-refractivity contribution in [3.8, 4) is 11.5 Å². The van der Waals surface area contributed by atoms with Gasteiger partial charge in [-0.05, 0) is 81.1 Å². The van der Waals surface area contributed by atoms with Gasteiger partial charge in [0.2, 0.25) is 0 Å². The maximum absolute atomic E-state index is 13.1. The quantitative estimate of drug-likeness (QED) is 0.362. The van der Waals surface area contributed by atoms with E-state index >= 15 is 0 Å². The number of rotatable bonds is 9. The molecule has 4 aromatic rings. The highest BCUT2D eigenvalue weighted by Gasteiger charge is 2.21. The molecule has 0 bridgehead atoms. The van der Waals surface area contributed by atoms with Crippen LogP contribution >= 0.6 is 0 Å². The summed E-state index contributed by atoms with van der Waals surface area (Å²) in [5.74, 6) is 1.44. The van der Waals surface area contributed by atoms with E-state index in [1.165, 1.54) is 24.8 Å². The molecule has 6 heteroatoms. The van der Waals surface area contributed by atoms with Crippen LogP contribution in [0.25, 0.3) is 11.5 Å². The van der Waals surface area contributed by atoms with Gasteiger partial charge < -0.3 is 14.8 Å². The number of piperidine rings is 1. The molecule has 0 radical (unpaired) electrons. The van der Waals surface area contributed by atoms with Gasteiger partial charge in [0, 0.05) is 18.9 Å². The number of nitrogens with zero attached hydrogens (tertiary/aromatic N) is 4. The van der Waals surface area contributed by atoms with Gasteiger partial charge in [-0.1, -0.05) is 48.5 Å². The normalized spacial score (nSPS) is 14.7. The summed E-state index contributed by atoms with van der Waals surface area (Å²) >= 11 is 0. The van der Waals surface area contributed by atoms with Crippen LogP contribution in [0.2, 0.25) is 0 Å². The number of para-hydroxylation sites is 1. The Balaban J connectivity index is 1.12. The first kappa shape index (κ1) is 23.1. The molecule has 0 unspecified atom stereocenters. The average Bonchev–Trinajstić information content (AvgIpc) is 3.59. The Kier molecular flexibility index (Phi) is 7.39. The lowest BCUT2D eigenvalue weighted by Crippen LogP contribution is -2.36. The fourth-order valence-electron chi connectivity index (χ4n) is 4.95. The standard InChI is InChI=1S/C29H33N5O/c35-28(27-23-31-34(26-12-5-2-6-13-26)29(27)33-18-7-8-19-33)30-16-9-17-32-20-14-25(15-21-32)22-24-10-3-1-4-11-24/h1-8,10-13,18-19,23,25H,9,14-17,20-22H2,(H,30,35). The molecule has 2 aromatic carbocycles. The van der Waals surface area contributed by atoms with E-state index < -0.39 is 0 Å². The van der Waals surface area contributed by atoms with Gasteiger partial charge in [0.25, 0.3) is 5.91 Å². The monoisotopic (exact) mass is 467 g/mol. The van der Waals surface area contributed by atoms with Crippen LogP contribution in [0.5, 0.6) is 0 Å².